The molecule has 0 fully saturated rings. The first kappa shape index (κ1) is 29.5. The van der Waals surface area contributed by atoms with Crippen molar-refractivity contribution < 1.29 is 79.0 Å². The lowest BCUT2D eigenvalue weighted by atomic mass is 9.87. The molecule has 6 aromatic rings. The number of phenolic OH excluding ortho intramolecular Hbond substituents is 10. The Kier molecular flexibility index (Phi) is 5.91. The highest BCUT2D eigenvalue weighted by Gasteiger charge is 2.37. The Bertz CT molecular complexity index is 2410. The number of cyclic esters (lactones) is 2. The Balaban J connectivity index is 1.83. The molecule has 48 heavy (non-hydrogen) atoms. The van der Waals surface area contributed by atoms with Gasteiger partial charge in [0.05, 0.1) is 21.9 Å². The van der Waals surface area contributed by atoms with Crippen LogP contribution in [-0.4, -0.2) is 76.2 Å². The van der Waals surface area contributed by atoms with Crippen molar-refractivity contribution in [1.82, 2.24) is 0 Å². The van der Waals surface area contributed by atoms with E-state index in [2.05, 4.69) is 0 Å². The number of aromatic hydroxyl groups is 10. The lowest BCUT2D eigenvalue weighted by molar-refractivity contribution is 0.0266. The summed E-state index contributed by atoms with van der Waals surface area (Å²) < 4.78 is 20.6. The highest BCUT2D eigenvalue weighted by Crippen LogP contribution is 2.57. The SMILES string of the molecule is O=C1OCCOC(=O)c2cc(O)c(O)c(O)c2-c2c(O)c(O)c3oc(=O)c4c(c(O)c(O)c5oc(=O)c2c3c54)-c2c1cc(O)c(O)c2O. The van der Waals surface area contributed by atoms with Crippen LogP contribution in [0.4, 0.5) is 0 Å². The van der Waals surface area contributed by atoms with Crippen LogP contribution in [0.25, 0.3) is 55.0 Å². The van der Waals surface area contributed by atoms with Gasteiger partial charge in [0, 0.05) is 33.0 Å². The number of benzene rings is 4. The summed E-state index contributed by atoms with van der Waals surface area (Å²) in [6, 6.07) is 1.13. The molecule has 0 unspecified atom stereocenters. The van der Waals surface area contributed by atoms with E-state index in [0.29, 0.717) is 12.1 Å². The Morgan fingerprint density at radius 2 is 0.750 bits per heavy atom. The smallest absolute Gasteiger partial charge is 0.345 e. The van der Waals surface area contributed by atoms with E-state index in [1.54, 1.807) is 0 Å². The molecule has 1 aliphatic rings. The van der Waals surface area contributed by atoms with Crippen LogP contribution < -0.4 is 11.3 Å². The van der Waals surface area contributed by atoms with Crippen molar-refractivity contribution in [2.24, 2.45) is 0 Å². The Morgan fingerprint density at radius 3 is 1.10 bits per heavy atom. The summed E-state index contributed by atoms with van der Waals surface area (Å²) in [6.07, 6.45) is 0. The van der Waals surface area contributed by atoms with Crippen molar-refractivity contribution >= 4 is 44.6 Å². The van der Waals surface area contributed by atoms with E-state index in [9.17, 15) is 70.2 Å². The summed E-state index contributed by atoms with van der Waals surface area (Å²) in [7, 11) is 0. The molecule has 2 aromatic heterocycles. The Hall–Kier alpha value is -7.24. The van der Waals surface area contributed by atoms with Crippen LogP contribution in [0.1, 0.15) is 20.7 Å². The fourth-order valence-corrected chi connectivity index (χ4v) is 5.80. The van der Waals surface area contributed by atoms with Gasteiger partial charge in [0.15, 0.2) is 45.7 Å². The average Bonchev–Trinajstić information content (AvgIpc) is 3.04. The third kappa shape index (κ3) is 3.61. The molecule has 10 N–H and O–H groups in total. The van der Waals surface area contributed by atoms with E-state index < -0.39 is 160 Å². The number of hydrogen-bond acceptors (Lipinski definition) is 18. The van der Waals surface area contributed by atoms with E-state index in [1.807, 2.05) is 0 Å². The fourth-order valence-electron chi connectivity index (χ4n) is 5.80. The molecular formula is C30H16O18. The van der Waals surface area contributed by atoms with Crippen molar-refractivity contribution in [2.75, 3.05) is 13.2 Å². The molecule has 18 nitrogen and oxygen atoms in total. The number of carbonyl (C=O) groups excluding carboxylic acids is 2. The molecule has 0 atom stereocenters. The van der Waals surface area contributed by atoms with E-state index in [0.717, 1.165) is 0 Å². The second-order valence-electron chi connectivity index (χ2n) is 10.4. The number of carbonyl (C=O) groups is 2. The molecule has 1 aliphatic heterocycles. The van der Waals surface area contributed by atoms with Gasteiger partial charge in [0.2, 0.25) is 23.0 Å². The van der Waals surface area contributed by atoms with Crippen LogP contribution in [0.15, 0.2) is 30.6 Å². The minimum absolute atomic E-state index is 0.564. The van der Waals surface area contributed by atoms with Crippen LogP contribution in [-0.2, 0) is 9.47 Å². The van der Waals surface area contributed by atoms with Crippen LogP contribution in [0.5, 0.6) is 57.5 Å². The molecule has 6 bridgehead atoms. The first-order valence-corrected chi connectivity index (χ1v) is 13.3. The number of ether oxygens (including phenoxy) is 2. The van der Waals surface area contributed by atoms with Crippen LogP contribution in [0.2, 0.25) is 0 Å². The van der Waals surface area contributed by atoms with Gasteiger partial charge in [0.25, 0.3) is 0 Å². The van der Waals surface area contributed by atoms with Crippen LogP contribution >= 0.6 is 0 Å². The van der Waals surface area contributed by atoms with Crippen molar-refractivity contribution in [1.29, 1.82) is 0 Å². The van der Waals surface area contributed by atoms with Crippen molar-refractivity contribution in [2.45, 2.75) is 0 Å². The quantitative estimate of drug-likeness (QED) is 0.0481. The zero-order valence-electron chi connectivity index (χ0n) is 23.3. The number of hydrogen-bond donors (Lipinski definition) is 10. The van der Waals surface area contributed by atoms with Gasteiger partial charge in [0.1, 0.15) is 13.2 Å². The molecule has 7 rings (SSSR count). The number of esters is 2. The molecule has 0 saturated carbocycles. The number of rotatable bonds is 0. The van der Waals surface area contributed by atoms with Gasteiger partial charge >= 0.3 is 23.2 Å². The second-order valence-corrected chi connectivity index (χ2v) is 10.4. The first-order chi connectivity index (χ1) is 22.7. The molecule has 18 heteroatoms. The molecule has 0 aliphatic carbocycles. The van der Waals surface area contributed by atoms with Gasteiger partial charge in [-0.2, -0.15) is 0 Å². The fraction of sp³-hybridized carbons (Fsp3) is 0.0667. The molecule has 0 saturated heterocycles. The lowest BCUT2D eigenvalue weighted by Crippen LogP contribution is -2.16. The summed E-state index contributed by atoms with van der Waals surface area (Å²) in [5.74, 6) is -15.5. The Labute approximate surface area is 260 Å². The summed E-state index contributed by atoms with van der Waals surface area (Å²) in [6.45, 7) is -1.56. The molecular weight excluding hydrogens is 648 g/mol. The number of fused-ring (bicyclic) bond motifs is 4. The molecule has 0 amide bonds. The van der Waals surface area contributed by atoms with Gasteiger partial charge in [-0.05, 0) is 12.1 Å². The zero-order valence-corrected chi connectivity index (χ0v) is 23.3. The summed E-state index contributed by atoms with van der Waals surface area (Å²) in [5, 5.41) is 104. The van der Waals surface area contributed by atoms with Crippen molar-refractivity contribution in [3.05, 3.63) is 44.1 Å². The lowest BCUT2D eigenvalue weighted by Gasteiger charge is -2.21. The van der Waals surface area contributed by atoms with Crippen molar-refractivity contribution in [3.63, 3.8) is 0 Å². The normalized spacial score (nSPS) is 13.4. The maximum Gasteiger partial charge on any atom is 0.345 e. The average molecular weight is 664 g/mol. The van der Waals surface area contributed by atoms with Gasteiger partial charge in [-0.15, -0.1) is 0 Å². The summed E-state index contributed by atoms with van der Waals surface area (Å²) in [5.41, 5.74) is -10.4. The monoisotopic (exact) mass is 664 g/mol. The van der Waals surface area contributed by atoms with Crippen molar-refractivity contribution in [3.8, 4) is 79.7 Å². The van der Waals surface area contributed by atoms with E-state index >= 15 is 0 Å². The van der Waals surface area contributed by atoms with Crippen LogP contribution in [0, 0.1) is 0 Å². The second kappa shape index (κ2) is 9.63. The van der Waals surface area contributed by atoms with E-state index in [4.69, 9.17) is 18.3 Å². The minimum Gasteiger partial charge on any atom is -0.504 e. The molecule has 4 aromatic carbocycles. The zero-order chi connectivity index (χ0) is 34.7. The standard InChI is InChI=1S/C30H16O18/c31-7-3-5-9(19(35)17(7)33)11-15-13-14-16(30(44)48-25(13)23(39)21(11)37)12(22(38)24(40)26(14)47-29(15)43)10-6(4-8(32)18(34)20(10)36)28(42)46-2-1-45-27(5)41/h3-4,31-40H,1-2H2. The van der Waals surface area contributed by atoms with E-state index in [-0.39, 0.29) is 0 Å². The van der Waals surface area contributed by atoms with Gasteiger partial charge in [-0.3, -0.25) is 0 Å². The van der Waals surface area contributed by atoms with E-state index in [1.165, 1.54) is 0 Å². The topological polar surface area (TPSA) is 315 Å². The number of phenols is 10. The predicted octanol–water partition coefficient (Wildman–Crippen LogP) is 2.21. The third-order valence-electron chi connectivity index (χ3n) is 7.85. The summed E-state index contributed by atoms with van der Waals surface area (Å²) >= 11 is 0. The van der Waals surface area contributed by atoms with Gasteiger partial charge in [-0.1, -0.05) is 0 Å². The Morgan fingerprint density at radius 1 is 0.417 bits per heavy atom. The maximum absolute atomic E-state index is 13.6. The molecule has 0 radical (unpaired) electrons. The largest absolute Gasteiger partial charge is 0.504 e. The van der Waals surface area contributed by atoms with Crippen LogP contribution in [0.3, 0.4) is 0 Å². The van der Waals surface area contributed by atoms with Gasteiger partial charge in [-0.25, -0.2) is 19.2 Å². The molecule has 244 valence electrons. The molecule has 0 spiro atoms. The minimum atomic E-state index is -1.53. The first-order valence-electron chi connectivity index (χ1n) is 13.3. The summed E-state index contributed by atoms with van der Waals surface area (Å²) in [4.78, 5) is 53.8. The maximum atomic E-state index is 13.6. The third-order valence-corrected chi connectivity index (χ3v) is 7.85. The highest BCUT2D eigenvalue weighted by molar-refractivity contribution is 6.29. The molecule has 3 heterocycles. The highest BCUT2D eigenvalue weighted by atomic mass is 16.6. The van der Waals surface area contributed by atoms with Gasteiger partial charge < -0.3 is 69.4 Å². The predicted molar refractivity (Wildman–Crippen MR) is 155 cm³/mol.